The molecule has 2 heterocycles. The number of hydrogen-bond acceptors (Lipinski definition) is 6. The Morgan fingerprint density at radius 3 is 3.18 bits per heavy atom. The van der Waals surface area contributed by atoms with E-state index in [1.807, 2.05) is 0 Å². The number of carbonyl (C=O) groups is 1. The van der Waals surface area contributed by atoms with Gasteiger partial charge in [-0.15, -0.1) is 10.2 Å². The van der Waals surface area contributed by atoms with Crippen LogP contribution >= 0.6 is 15.9 Å². The number of furan rings is 1. The molecule has 0 aliphatic carbocycles. The largest absolute Gasteiger partial charge is 0.468 e. The third-order valence-corrected chi connectivity index (χ3v) is 2.64. The highest BCUT2D eigenvalue weighted by atomic mass is 79.9. The van der Waals surface area contributed by atoms with Gasteiger partial charge < -0.3 is 9.15 Å². The molecule has 0 aliphatic rings. The topological polar surface area (TPSA) is 83.0 Å². The first-order valence-electron chi connectivity index (χ1n) is 4.74. The van der Waals surface area contributed by atoms with Crippen LogP contribution in [0.2, 0.25) is 0 Å². The van der Waals surface area contributed by atoms with E-state index >= 15 is 0 Å². The van der Waals surface area contributed by atoms with E-state index in [2.05, 4.69) is 36.1 Å². The Hall–Kier alpha value is -1.70. The fourth-order valence-corrected chi connectivity index (χ4v) is 1.62. The maximum Gasteiger partial charge on any atom is 0.321 e. The molecule has 0 aliphatic heterocycles. The lowest BCUT2D eigenvalue weighted by molar-refractivity contribution is -0.140. The molecule has 0 spiro atoms. The average molecular weight is 301 g/mol. The van der Waals surface area contributed by atoms with Gasteiger partial charge in [-0.1, -0.05) is 15.9 Å². The van der Waals surface area contributed by atoms with Gasteiger partial charge in [0.05, 0.1) is 19.9 Å². The molecule has 7 nitrogen and oxygen atoms in total. The molecule has 0 N–H and O–H groups in total. The molecule has 0 saturated heterocycles. The first-order chi connectivity index (χ1) is 8.20. The third-order valence-electron chi connectivity index (χ3n) is 1.97. The molecule has 2 rings (SSSR count). The van der Waals surface area contributed by atoms with Crippen molar-refractivity contribution in [3.63, 3.8) is 0 Å². The average Bonchev–Trinajstić information content (AvgIpc) is 2.97. The second-order valence-corrected chi connectivity index (χ2v) is 4.24. The molecule has 1 unspecified atom stereocenters. The second-order valence-electron chi connectivity index (χ2n) is 3.14. The number of alkyl halides is 1. The quantitative estimate of drug-likeness (QED) is 0.615. The van der Waals surface area contributed by atoms with Crippen molar-refractivity contribution in [3.05, 3.63) is 18.4 Å². The standard InChI is InChI=1S/C9H9BrN4O3/c1-16-9(15)6(10)5-14-12-8(11-13-14)7-3-2-4-17-7/h2-4,6H,5H2,1H3. The Morgan fingerprint density at radius 2 is 2.53 bits per heavy atom. The van der Waals surface area contributed by atoms with Crippen LogP contribution in [0.3, 0.4) is 0 Å². The second kappa shape index (κ2) is 5.09. The molecular formula is C9H9BrN4O3. The van der Waals surface area contributed by atoms with E-state index in [0.717, 1.165) is 0 Å². The highest BCUT2D eigenvalue weighted by molar-refractivity contribution is 9.10. The molecule has 1 atom stereocenters. The Balaban J connectivity index is 2.06. The summed E-state index contributed by atoms with van der Waals surface area (Å²) >= 11 is 3.17. The van der Waals surface area contributed by atoms with Gasteiger partial charge in [0.1, 0.15) is 4.83 Å². The number of aromatic nitrogens is 4. The molecule has 2 aromatic heterocycles. The third kappa shape index (κ3) is 2.70. The monoisotopic (exact) mass is 300 g/mol. The number of ether oxygens (including phenoxy) is 1. The zero-order valence-corrected chi connectivity index (χ0v) is 10.5. The first-order valence-corrected chi connectivity index (χ1v) is 5.66. The number of tetrazole rings is 1. The molecule has 0 aromatic carbocycles. The highest BCUT2D eigenvalue weighted by Crippen LogP contribution is 2.13. The number of rotatable bonds is 4. The van der Waals surface area contributed by atoms with Gasteiger partial charge in [-0.25, -0.2) is 0 Å². The van der Waals surface area contributed by atoms with Crippen molar-refractivity contribution in [2.75, 3.05) is 7.11 Å². The number of methoxy groups -OCH3 is 1. The zero-order chi connectivity index (χ0) is 12.3. The van der Waals surface area contributed by atoms with Crippen LogP contribution < -0.4 is 0 Å². The molecule has 0 fully saturated rings. The van der Waals surface area contributed by atoms with E-state index in [9.17, 15) is 4.79 Å². The van der Waals surface area contributed by atoms with Crippen molar-refractivity contribution in [1.82, 2.24) is 20.2 Å². The molecule has 8 heteroatoms. The maximum atomic E-state index is 11.2. The van der Waals surface area contributed by atoms with E-state index in [1.54, 1.807) is 12.1 Å². The van der Waals surface area contributed by atoms with Crippen molar-refractivity contribution in [3.8, 4) is 11.6 Å². The molecular weight excluding hydrogens is 292 g/mol. The Labute approximate surface area is 105 Å². The SMILES string of the molecule is COC(=O)C(Br)Cn1nnc(-c2ccco2)n1. The van der Waals surface area contributed by atoms with Crippen molar-refractivity contribution in [2.24, 2.45) is 0 Å². The summed E-state index contributed by atoms with van der Waals surface area (Å²) in [5, 5.41) is 11.7. The van der Waals surface area contributed by atoms with Crippen LogP contribution in [0.25, 0.3) is 11.6 Å². The van der Waals surface area contributed by atoms with Crippen molar-refractivity contribution in [1.29, 1.82) is 0 Å². The van der Waals surface area contributed by atoms with Crippen LogP contribution in [0.1, 0.15) is 0 Å². The van der Waals surface area contributed by atoms with E-state index in [0.29, 0.717) is 11.6 Å². The predicted octanol–water partition coefficient (Wildman–Crippen LogP) is 0.870. The van der Waals surface area contributed by atoms with E-state index in [-0.39, 0.29) is 12.5 Å². The first kappa shape index (κ1) is 11.8. The van der Waals surface area contributed by atoms with Gasteiger partial charge in [0, 0.05) is 0 Å². The number of carbonyl (C=O) groups excluding carboxylic acids is 1. The van der Waals surface area contributed by atoms with Gasteiger partial charge in [0.2, 0.25) is 5.82 Å². The van der Waals surface area contributed by atoms with Crippen molar-refractivity contribution in [2.45, 2.75) is 11.4 Å². The summed E-state index contributed by atoms with van der Waals surface area (Å²) in [5.41, 5.74) is 0. The van der Waals surface area contributed by atoms with Crippen molar-refractivity contribution >= 4 is 21.9 Å². The van der Waals surface area contributed by atoms with Gasteiger partial charge >= 0.3 is 5.97 Å². The van der Waals surface area contributed by atoms with Gasteiger partial charge in [-0.05, 0) is 17.3 Å². The molecule has 90 valence electrons. The number of halogens is 1. The molecule has 0 amide bonds. The van der Waals surface area contributed by atoms with Gasteiger partial charge in [0.15, 0.2) is 5.76 Å². The zero-order valence-electron chi connectivity index (χ0n) is 8.91. The minimum atomic E-state index is -0.508. The summed E-state index contributed by atoms with van der Waals surface area (Å²) in [4.78, 5) is 12.0. The molecule has 0 bridgehead atoms. The van der Waals surface area contributed by atoms with Crippen LogP contribution in [0.4, 0.5) is 0 Å². The Kier molecular flexibility index (Phi) is 3.52. The van der Waals surface area contributed by atoms with Crippen molar-refractivity contribution < 1.29 is 13.9 Å². The maximum absolute atomic E-state index is 11.2. The predicted molar refractivity (Wildman–Crippen MR) is 60.3 cm³/mol. The summed E-state index contributed by atoms with van der Waals surface area (Å²) in [6, 6.07) is 3.46. The number of esters is 1. The van der Waals surface area contributed by atoms with E-state index in [1.165, 1.54) is 18.2 Å². The molecule has 2 aromatic rings. The molecule has 17 heavy (non-hydrogen) atoms. The fraction of sp³-hybridized carbons (Fsp3) is 0.333. The minimum absolute atomic E-state index is 0.236. The van der Waals surface area contributed by atoms with Crippen LogP contribution in [0.5, 0.6) is 0 Å². The Morgan fingerprint density at radius 1 is 1.71 bits per heavy atom. The van der Waals surface area contributed by atoms with Crippen LogP contribution in [-0.2, 0) is 16.1 Å². The Bertz CT molecular complexity index is 496. The normalized spacial score (nSPS) is 12.4. The van der Waals surface area contributed by atoms with Gasteiger partial charge in [0.25, 0.3) is 0 Å². The fourth-order valence-electron chi connectivity index (χ4n) is 1.17. The molecule has 0 radical (unpaired) electrons. The smallest absolute Gasteiger partial charge is 0.321 e. The molecule has 0 saturated carbocycles. The van der Waals surface area contributed by atoms with Crippen LogP contribution in [0.15, 0.2) is 22.8 Å². The summed E-state index contributed by atoms with van der Waals surface area (Å²) < 4.78 is 9.69. The lowest BCUT2D eigenvalue weighted by Gasteiger charge is -2.04. The lowest BCUT2D eigenvalue weighted by atomic mass is 10.4. The van der Waals surface area contributed by atoms with Crippen LogP contribution in [0, 0.1) is 0 Å². The summed E-state index contributed by atoms with van der Waals surface area (Å²) in [5.74, 6) is 0.516. The minimum Gasteiger partial charge on any atom is -0.468 e. The van der Waals surface area contributed by atoms with Crippen LogP contribution in [-0.4, -0.2) is 38.1 Å². The number of hydrogen-bond donors (Lipinski definition) is 0. The summed E-state index contributed by atoms with van der Waals surface area (Å²) in [6.45, 7) is 0.236. The van der Waals surface area contributed by atoms with E-state index in [4.69, 9.17) is 4.42 Å². The summed E-state index contributed by atoms with van der Waals surface area (Å²) in [7, 11) is 1.32. The number of nitrogens with zero attached hydrogens (tertiary/aromatic N) is 4. The lowest BCUT2D eigenvalue weighted by Crippen LogP contribution is -2.22. The highest BCUT2D eigenvalue weighted by Gasteiger charge is 2.18. The van der Waals surface area contributed by atoms with Gasteiger partial charge in [-0.2, -0.15) is 4.80 Å². The van der Waals surface area contributed by atoms with Gasteiger partial charge in [-0.3, -0.25) is 4.79 Å². The van der Waals surface area contributed by atoms with E-state index < -0.39 is 4.83 Å². The summed E-state index contributed by atoms with van der Waals surface area (Å²) in [6.07, 6.45) is 1.53.